The quantitative estimate of drug-likeness (QED) is 0.663. The van der Waals surface area contributed by atoms with Gasteiger partial charge in [-0.25, -0.2) is 0 Å². The predicted molar refractivity (Wildman–Crippen MR) is 101 cm³/mol. The van der Waals surface area contributed by atoms with Crippen LogP contribution in [0.25, 0.3) is 0 Å². The number of benzene rings is 1. The number of hydrogen-bond donors (Lipinski definition) is 1. The van der Waals surface area contributed by atoms with Crippen LogP contribution in [0.5, 0.6) is 11.5 Å². The number of amides is 1. The fourth-order valence-electron chi connectivity index (χ4n) is 2.53. The van der Waals surface area contributed by atoms with Gasteiger partial charge in [-0.05, 0) is 57.0 Å². The number of carbonyl (C=O) groups is 1. The van der Waals surface area contributed by atoms with Crippen LogP contribution in [0.1, 0.15) is 25.5 Å². The van der Waals surface area contributed by atoms with Gasteiger partial charge in [0.1, 0.15) is 11.5 Å². The molecule has 0 saturated heterocycles. The van der Waals surface area contributed by atoms with Crippen molar-refractivity contribution in [3.63, 3.8) is 0 Å². The lowest BCUT2D eigenvalue weighted by molar-refractivity contribution is -0.123. The topological polar surface area (TPSA) is 69.6 Å². The first-order chi connectivity index (χ1) is 12.6. The Hall–Kier alpha value is -2.76. The molecule has 1 amide bonds. The maximum absolute atomic E-state index is 11.8. The third kappa shape index (κ3) is 6.27. The van der Waals surface area contributed by atoms with Gasteiger partial charge in [0.2, 0.25) is 0 Å². The summed E-state index contributed by atoms with van der Waals surface area (Å²) in [6.45, 7) is 5.65. The van der Waals surface area contributed by atoms with E-state index in [0.717, 1.165) is 24.3 Å². The zero-order valence-electron chi connectivity index (χ0n) is 15.4. The van der Waals surface area contributed by atoms with E-state index in [4.69, 9.17) is 9.47 Å². The molecular formula is C20H26N2O4. The monoisotopic (exact) mass is 358 g/mol. The zero-order chi connectivity index (χ0) is 18.8. The van der Waals surface area contributed by atoms with Gasteiger partial charge in [0.05, 0.1) is 6.61 Å². The molecule has 0 bridgehead atoms. The van der Waals surface area contributed by atoms with Crippen molar-refractivity contribution in [2.75, 3.05) is 19.8 Å². The SMILES string of the molecule is CCOc1ccc(OCC(=O)NCCCCn2c(C)cccc2=O)cc1. The fraction of sp³-hybridized carbons (Fsp3) is 0.400. The second kappa shape index (κ2) is 10.3. The van der Waals surface area contributed by atoms with E-state index in [-0.39, 0.29) is 18.1 Å². The van der Waals surface area contributed by atoms with Gasteiger partial charge < -0.3 is 19.4 Å². The molecule has 0 unspecified atom stereocenters. The summed E-state index contributed by atoms with van der Waals surface area (Å²) < 4.78 is 12.5. The van der Waals surface area contributed by atoms with Crippen molar-refractivity contribution in [1.82, 2.24) is 9.88 Å². The molecule has 140 valence electrons. The number of ether oxygens (including phenoxy) is 2. The summed E-state index contributed by atoms with van der Waals surface area (Å²) in [5.41, 5.74) is 0.961. The molecule has 2 rings (SSSR count). The Labute approximate surface area is 153 Å². The largest absolute Gasteiger partial charge is 0.494 e. The normalized spacial score (nSPS) is 10.4. The molecular weight excluding hydrogens is 332 g/mol. The third-order valence-corrected chi connectivity index (χ3v) is 3.90. The number of carbonyl (C=O) groups excluding carboxylic acids is 1. The minimum Gasteiger partial charge on any atom is -0.494 e. The molecule has 0 saturated carbocycles. The van der Waals surface area contributed by atoms with Crippen LogP contribution in [0, 0.1) is 6.92 Å². The maximum Gasteiger partial charge on any atom is 0.257 e. The van der Waals surface area contributed by atoms with E-state index in [2.05, 4.69) is 5.32 Å². The molecule has 0 aliphatic heterocycles. The fourth-order valence-corrected chi connectivity index (χ4v) is 2.53. The molecule has 1 aromatic heterocycles. The van der Waals surface area contributed by atoms with E-state index < -0.39 is 0 Å². The highest BCUT2D eigenvalue weighted by atomic mass is 16.5. The number of aryl methyl sites for hydroxylation is 1. The van der Waals surface area contributed by atoms with Crippen LogP contribution < -0.4 is 20.3 Å². The Morgan fingerprint density at radius 2 is 1.73 bits per heavy atom. The van der Waals surface area contributed by atoms with Crippen LogP contribution in [0.2, 0.25) is 0 Å². The Morgan fingerprint density at radius 3 is 2.38 bits per heavy atom. The summed E-state index contributed by atoms with van der Waals surface area (Å²) in [5, 5.41) is 2.82. The third-order valence-electron chi connectivity index (χ3n) is 3.90. The summed E-state index contributed by atoms with van der Waals surface area (Å²) in [7, 11) is 0. The molecule has 0 radical (unpaired) electrons. The number of pyridine rings is 1. The highest BCUT2D eigenvalue weighted by Gasteiger charge is 2.03. The van der Waals surface area contributed by atoms with Gasteiger partial charge in [0, 0.05) is 24.8 Å². The van der Waals surface area contributed by atoms with Gasteiger partial charge in [0.25, 0.3) is 11.5 Å². The Bertz CT molecular complexity index is 753. The standard InChI is InChI=1S/C20H26N2O4/c1-3-25-17-9-11-18(12-10-17)26-15-19(23)21-13-4-5-14-22-16(2)7-6-8-20(22)24/h6-12H,3-5,13-15H2,1-2H3,(H,21,23). The minimum atomic E-state index is -0.160. The van der Waals surface area contributed by atoms with Crippen molar-refractivity contribution < 1.29 is 14.3 Å². The average Bonchev–Trinajstić information content (AvgIpc) is 2.63. The van der Waals surface area contributed by atoms with E-state index in [1.807, 2.05) is 32.0 Å². The maximum atomic E-state index is 11.8. The summed E-state index contributed by atoms with van der Waals surface area (Å²) >= 11 is 0. The number of nitrogens with one attached hydrogen (secondary N) is 1. The van der Waals surface area contributed by atoms with Gasteiger partial charge in [-0.15, -0.1) is 0 Å². The van der Waals surface area contributed by atoms with Crippen molar-refractivity contribution in [1.29, 1.82) is 0 Å². The highest BCUT2D eigenvalue weighted by Crippen LogP contribution is 2.17. The Morgan fingerprint density at radius 1 is 1.04 bits per heavy atom. The zero-order valence-corrected chi connectivity index (χ0v) is 15.4. The van der Waals surface area contributed by atoms with Gasteiger partial charge >= 0.3 is 0 Å². The number of nitrogens with zero attached hydrogens (tertiary/aromatic N) is 1. The predicted octanol–water partition coefficient (Wildman–Crippen LogP) is 2.53. The van der Waals surface area contributed by atoms with Crippen molar-refractivity contribution in [3.8, 4) is 11.5 Å². The Balaban J connectivity index is 1.62. The number of aromatic nitrogens is 1. The molecule has 26 heavy (non-hydrogen) atoms. The molecule has 1 N–H and O–H groups in total. The molecule has 6 heteroatoms. The second-order valence-electron chi connectivity index (χ2n) is 5.91. The summed E-state index contributed by atoms with van der Waals surface area (Å²) in [6, 6.07) is 12.4. The van der Waals surface area contributed by atoms with Crippen LogP contribution in [0.15, 0.2) is 47.3 Å². The van der Waals surface area contributed by atoms with E-state index >= 15 is 0 Å². The molecule has 0 aliphatic carbocycles. The van der Waals surface area contributed by atoms with Crippen molar-refractivity contribution in [2.24, 2.45) is 0 Å². The minimum absolute atomic E-state index is 0.0118. The molecule has 2 aromatic rings. The number of rotatable bonds is 10. The summed E-state index contributed by atoms with van der Waals surface area (Å²) in [5.74, 6) is 1.24. The van der Waals surface area contributed by atoms with Crippen molar-refractivity contribution in [3.05, 3.63) is 58.5 Å². The van der Waals surface area contributed by atoms with Crippen LogP contribution >= 0.6 is 0 Å². The van der Waals surface area contributed by atoms with Crippen LogP contribution in [-0.4, -0.2) is 30.2 Å². The molecule has 0 spiro atoms. The first kappa shape index (κ1) is 19.6. The van der Waals surface area contributed by atoms with E-state index in [1.165, 1.54) is 0 Å². The van der Waals surface area contributed by atoms with Gasteiger partial charge in [0.15, 0.2) is 6.61 Å². The van der Waals surface area contributed by atoms with Crippen molar-refractivity contribution >= 4 is 5.91 Å². The van der Waals surface area contributed by atoms with E-state index in [1.54, 1.807) is 28.8 Å². The lowest BCUT2D eigenvalue weighted by Gasteiger charge is -2.10. The summed E-state index contributed by atoms with van der Waals surface area (Å²) in [4.78, 5) is 23.6. The molecule has 0 aliphatic rings. The molecule has 6 nitrogen and oxygen atoms in total. The smallest absolute Gasteiger partial charge is 0.257 e. The van der Waals surface area contributed by atoms with Crippen LogP contribution in [0.4, 0.5) is 0 Å². The van der Waals surface area contributed by atoms with E-state index in [0.29, 0.717) is 25.4 Å². The number of unbranched alkanes of at least 4 members (excludes halogenated alkanes) is 1. The van der Waals surface area contributed by atoms with Crippen LogP contribution in [0.3, 0.4) is 0 Å². The van der Waals surface area contributed by atoms with Gasteiger partial charge in [-0.3, -0.25) is 9.59 Å². The van der Waals surface area contributed by atoms with E-state index in [9.17, 15) is 9.59 Å². The molecule has 1 aromatic carbocycles. The summed E-state index contributed by atoms with van der Waals surface area (Å²) in [6.07, 6.45) is 1.63. The van der Waals surface area contributed by atoms with Crippen LogP contribution in [-0.2, 0) is 11.3 Å². The lowest BCUT2D eigenvalue weighted by atomic mass is 10.2. The molecule has 1 heterocycles. The van der Waals surface area contributed by atoms with Gasteiger partial charge in [-0.2, -0.15) is 0 Å². The first-order valence-corrected chi connectivity index (χ1v) is 8.89. The Kier molecular flexibility index (Phi) is 7.74. The number of hydrogen-bond acceptors (Lipinski definition) is 4. The highest BCUT2D eigenvalue weighted by molar-refractivity contribution is 5.77. The van der Waals surface area contributed by atoms with Gasteiger partial charge in [-0.1, -0.05) is 6.07 Å². The first-order valence-electron chi connectivity index (χ1n) is 8.89. The van der Waals surface area contributed by atoms with Crippen molar-refractivity contribution in [2.45, 2.75) is 33.2 Å². The lowest BCUT2D eigenvalue weighted by Crippen LogP contribution is -2.30. The molecule has 0 atom stereocenters. The average molecular weight is 358 g/mol. The second-order valence-corrected chi connectivity index (χ2v) is 5.91. The molecule has 0 fully saturated rings.